The molecule has 0 spiro atoms. The zero-order chi connectivity index (χ0) is 24.6. The molecule has 0 heterocycles. The number of fused-ring (bicyclic) bond motifs is 1. The van der Waals surface area contributed by atoms with Crippen molar-refractivity contribution in [1.29, 1.82) is 0 Å². The van der Waals surface area contributed by atoms with Gasteiger partial charge in [-0.3, -0.25) is 0 Å². The lowest BCUT2D eigenvalue weighted by molar-refractivity contribution is 0.209. The van der Waals surface area contributed by atoms with Crippen LogP contribution in [-0.4, -0.2) is 38.8 Å². The molecule has 6 heteroatoms. The maximum Gasteiger partial charge on any atom is 0.322 e. The molecule has 2 amide bonds. The van der Waals surface area contributed by atoms with Crippen LogP contribution in [0.2, 0.25) is 0 Å². The number of carbonyl (C=O) groups excluding carboxylic acids is 1. The number of anilines is 1. The van der Waals surface area contributed by atoms with E-state index in [2.05, 4.69) is 5.32 Å². The van der Waals surface area contributed by atoms with Gasteiger partial charge in [0, 0.05) is 17.5 Å². The third-order valence-electron chi connectivity index (χ3n) is 5.99. The summed E-state index contributed by atoms with van der Waals surface area (Å²) in [6.07, 6.45) is 0.651. The zero-order valence-electron chi connectivity index (χ0n) is 20.3. The van der Waals surface area contributed by atoms with Gasteiger partial charge in [0.1, 0.15) is 5.75 Å². The van der Waals surface area contributed by atoms with E-state index in [-0.39, 0.29) is 6.03 Å². The van der Waals surface area contributed by atoms with Gasteiger partial charge in [-0.25, -0.2) is 4.79 Å². The summed E-state index contributed by atoms with van der Waals surface area (Å²) in [5, 5.41) is 5.20. The molecule has 0 unspecified atom stereocenters. The Morgan fingerprint density at radius 3 is 2.29 bits per heavy atom. The van der Waals surface area contributed by atoms with Crippen molar-refractivity contribution in [2.45, 2.75) is 13.0 Å². The second kappa shape index (κ2) is 11.3. The molecular formula is C29H30N2O4. The van der Waals surface area contributed by atoms with Gasteiger partial charge in [-0.2, -0.15) is 0 Å². The minimum Gasteiger partial charge on any atom is -0.496 e. The number of benzene rings is 4. The van der Waals surface area contributed by atoms with Crippen LogP contribution in [0.15, 0.2) is 84.9 Å². The van der Waals surface area contributed by atoms with E-state index in [1.54, 1.807) is 26.2 Å². The minimum atomic E-state index is -0.173. The van der Waals surface area contributed by atoms with E-state index in [4.69, 9.17) is 14.2 Å². The molecule has 0 aliphatic heterocycles. The molecule has 0 fully saturated rings. The largest absolute Gasteiger partial charge is 0.496 e. The Balaban J connectivity index is 1.59. The molecular weight excluding hydrogens is 440 g/mol. The molecule has 0 aromatic heterocycles. The highest BCUT2D eigenvalue weighted by Crippen LogP contribution is 2.28. The lowest BCUT2D eigenvalue weighted by Crippen LogP contribution is -2.36. The molecule has 4 rings (SSSR count). The summed E-state index contributed by atoms with van der Waals surface area (Å²) < 4.78 is 16.3. The normalized spacial score (nSPS) is 10.6. The molecule has 1 N–H and O–H groups in total. The number of amides is 2. The Hall–Kier alpha value is -4.19. The van der Waals surface area contributed by atoms with Crippen LogP contribution in [-0.2, 0) is 13.0 Å². The molecule has 4 aromatic rings. The monoisotopic (exact) mass is 470 g/mol. The van der Waals surface area contributed by atoms with Crippen molar-refractivity contribution >= 4 is 22.5 Å². The summed E-state index contributed by atoms with van der Waals surface area (Å²) in [7, 11) is 4.88. The molecule has 0 aliphatic rings. The first-order valence-electron chi connectivity index (χ1n) is 11.5. The minimum absolute atomic E-state index is 0.173. The number of carbonyl (C=O) groups is 1. The van der Waals surface area contributed by atoms with Gasteiger partial charge >= 0.3 is 6.03 Å². The highest BCUT2D eigenvalue weighted by atomic mass is 16.5. The molecule has 0 atom stereocenters. The molecule has 6 nitrogen and oxygen atoms in total. The van der Waals surface area contributed by atoms with E-state index < -0.39 is 0 Å². The quantitative estimate of drug-likeness (QED) is 0.319. The van der Waals surface area contributed by atoms with E-state index in [1.807, 2.05) is 84.9 Å². The standard InChI is InChI=1S/C29H30N2O4/c1-33-26-14-7-5-10-23(26)20-31(18-17-21-15-16-27(34-2)28(19-21)35-3)29(32)30-25-13-8-11-22-9-4-6-12-24(22)25/h4-16,19H,17-18,20H2,1-3H3,(H,30,32). The number of rotatable bonds is 9. The summed E-state index contributed by atoms with van der Waals surface area (Å²) in [6.45, 7) is 0.915. The number of para-hydroxylation sites is 1. The van der Waals surface area contributed by atoms with Gasteiger partial charge in [-0.15, -0.1) is 0 Å². The van der Waals surface area contributed by atoms with Gasteiger partial charge in [0.05, 0.1) is 33.6 Å². The first kappa shape index (κ1) is 24.0. The van der Waals surface area contributed by atoms with Crippen molar-refractivity contribution in [3.63, 3.8) is 0 Å². The first-order chi connectivity index (χ1) is 17.1. The fourth-order valence-corrected chi connectivity index (χ4v) is 4.12. The van der Waals surface area contributed by atoms with Crippen LogP contribution in [0.25, 0.3) is 10.8 Å². The molecule has 35 heavy (non-hydrogen) atoms. The van der Waals surface area contributed by atoms with Crippen LogP contribution in [0.4, 0.5) is 10.5 Å². The average molecular weight is 471 g/mol. The Morgan fingerprint density at radius 1 is 0.771 bits per heavy atom. The van der Waals surface area contributed by atoms with Crippen LogP contribution in [0.3, 0.4) is 0 Å². The second-order valence-corrected chi connectivity index (χ2v) is 8.13. The van der Waals surface area contributed by atoms with E-state index in [0.717, 1.165) is 33.3 Å². The maximum absolute atomic E-state index is 13.5. The third-order valence-corrected chi connectivity index (χ3v) is 5.99. The summed E-state index contributed by atoms with van der Waals surface area (Å²) >= 11 is 0. The van der Waals surface area contributed by atoms with Crippen molar-refractivity contribution in [2.24, 2.45) is 0 Å². The number of ether oxygens (including phenoxy) is 3. The zero-order valence-corrected chi connectivity index (χ0v) is 20.3. The van der Waals surface area contributed by atoms with Gasteiger partial charge in [0.15, 0.2) is 11.5 Å². The topological polar surface area (TPSA) is 60.0 Å². The summed E-state index contributed by atoms with van der Waals surface area (Å²) in [4.78, 5) is 15.3. The summed E-state index contributed by atoms with van der Waals surface area (Å²) in [5.74, 6) is 2.10. The van der Waals surface area contributed by atoms with Crippen LogP contribution in [0.5, 0.6) is 17.2 Å². The molecule has 180 valence electrons. The van der Waals surface area contributed by atoms with Crippen LogP contribution < -0.4 is 19.5 Å². The fraction of sp³-hybridized carbons (Fsp3) is 0.207. The van der Waals surface area contributed by atoms with Crippen molar-refractivity contribution in [3.8, 4) is 17.2 Å². The van der Waals surface area contributed by atoms with Crippen LogP contribution in [0.1, 0.15) is 11.1 Å². The first-order valence-corrected chi connectivity index (χ1v) is 11.5. The number of hydrogen-bond acceptors (Lipinski definition) is 4. The number of urea groups is 1. The summed E-state index contributed by atoms with van der Waals surface area (Å²) in [5.41, 5.74) is 2.77. The predicted molar refractivity (Wildman–Crippen MR) is 140 cm³/mol. The molecule has 4 aromatic carbocycles. The van der Waals surface area contributed by atoms with Crippen molar-refractivity contribution in [1.82, 2.24) is 4.90 Å². The van der Waals surface area contributed by atoms with Crippen LogP contribution >= 0.6 is 0 Å². The Bertz CT molecular complexity index is 1300. The maximum atomic E-state index is 13.5. The van der Waals surface area contributed by atoms with Crippen LogP contribution in [0, 0.1) is 0 Å². The molecule has 0 bridgehead atoms. The third kappa shape index (κ3) is 5.66. The highest BCUT2D eigenvalue weighted by Gasteiger charge is 2.18. The van der Waals surface area contributed by atoms with Gasteiger partial charge in [0.25, 0.3) is 0 Å². The number of hydrogen-bond donors (Lipinski definition) is 1. The van der Waals surface area contributed by atoms with Crippen molar-refractivity contribution < 1.29 is 19.0 Å². The highest BCUT2D eigenvalue weighted by molar-refractivity contribution is 6.01. The number of methoxy groups -OCH3 is 3. The smallest absolute Gasteiger partial charge is 0.322 e. The van der Waals surface area contributed by atoms with E-state index >= 15 is 0 Å². The number of nitrogens with one attached hydrogen (secondary N) is 1. The van der Waals surface area contributed by atoms with E-state index in [1.165, 1.54) is 0 Å². The predicted octanol–water partition coefficient (Wildman–Crippen LogP) is 6.14. The van der Waals surface area contributed by atoms with E-state index in [9.17, 15) is 4.79 Å². The van der Waals surface area contributed by atoms with E-state index in [0.29, 0.717) is 31.0 Å². The van der Waals surface area contributed by atoms with Crippen molar-refractivity contribution in [2.75, 3.05) is 33.2 Å². The fourth-order valence-electron chi connectivity index (χ4n) is 4.12. The molecule has 0 radical (unpaired) electrons. The van der Waals surface area contributed by atoms with Gasteiger partial charge in [-0.05, 0) is 41.6 Å². The molecule has 0 aliphatic carbocycles. The lowest BCUT2D eigenvalue weighted by atomic mass is 10.1. The molecule has 0 saturated heterocycles. The summed E-state index contributed by atoms with van der Waals surface area (Å²) in [6, 6.07) is 27.3. The Labute approximate surface area is 206 Å². The SMILES string of the molecule is COc1ccccc1CN(CCc1ccc(OC)c(OC)c1)C(=O)Nc1cccc2ccccc12. The van der Waals surface area contributed by atoms with Gasteiger partial charge < -0.3 is 24.4 Å². The Morgan fingerprint density at radius 2 is 1.49 bits per heavy atom. The van der Waals surface area contributed by atoms with Gasteiger partial charge in [-0.1, -0.05) is 60.7 Å². The van der Waals surface area contributed by atoms with Crippen molar-refractivity contribution in [3.05, 3.63) is 96.1 Å². The molecule has 0 saturated carbocycles. The lowest BCUT2D eigenvalue weighted by Gasteiger charge is -2.25. The second-order valence-electron chi connectivity index (χ2n) is 8.13. The number of nitrogens with zero attached hydrogens (tertiary/aromatic N) is 1. The average Bonchev–Trinajstić information content (AvgIpc) is 2.91. The van der Waals surface area contributed by atoms with Gasteiger partial charge in [0.2, 0.25) is 0 Å². The Kier molecular flexibility index (Phi) is 7.73.